The Kier molecular flexibility index (Phi) is 3.97. The van der Waals surface area contributed by atoms with Crippen molar-refractivity contribution >= 4 is 21.9 Å². The maximum atomic E-state index is 11.0. The van der Waals surface area contributed by atoms with Gasteiger partial charge in [0.1, 0.15) is 5.75 Å². The van der Waals surface area contributed by atoms with E-state index < -0.39 is 11.4 Å². The maximum Gasteiger partial charge on any atom is 0.309 e. The molecule has 1 rings (SSSR count). The summed E-state index contributed by atoms with van der Waals surface area (Å²) in [4.78, 5) is 11.0. The van der Waals surface area contributed by atoms with Gasteiger partial charge in [0.15, 0.2) is 0 Å². The molecule has 1 aromatic rings. The van der Waals surface area contributed by atoms with Gasteiger partial charge in [0.25, 0.3) is 0 Å². The highest BCUT2D eigenvalue weighted by Gasteiger charge is 2.27. The first-order valence-corrected chi connectivity index (χ1v) is 5.72. The molecule has 0 spiro atoms. The highest BCUT2D eigenvalue weighted by Crippen LogP contribution is 2.29. The lowest BCUT2D eigenvalue weighted by Gasteiger charge is -2.19. The normalized spacial score (nSPS) is 11.2. The van der Waals surface area contributed by atoms with E-state index in [1.165, 1.54) is 0 Å². The van der Waals surface area contributed by atoms with Crippen LogP contribution >= 0.6 is 15.9 Å². The van der Waals surface area contributed by atoms with Crippen molar-refractivity contribution in [2.45, 2.75) is 20.3 Å². The fourth-order valence-electron chi connectivity index (χ4n) is 1.40. The summed E-state index contributed by atoms with van der Waals surface area (Å²) < 4.78 is 6.03. The highest BCUT2D eigenvalue weighted by atomic mass is 79.9. The van der Waals surface area contributed by atoms with E-state index in [1.807, 2.05) is 18.2 Å². The molecule has 0 aliphatic carbocycles. The number of carbonyl (C=O) groups is 1. The van der Waals surface area contributed by atoms with Gasteiger partial charge in [-0.05, 0) is 53.9 Å². The van der Waals surface area contributed by atoms with Gasteiger partial charge in [-0.25, -0.2) is 0 Å². The van der Waals surface area contributed by atoms with Gasteiger partial charge in [-0.2, -0.15) is 0 Å². The average Bonchev–Trinajstić information content (AvgIpc) is 2.20. The maximum absolute atomic E-state index is 11.0. The number of hydrogen-bond donors (Lipinski definition) is 1. The number of methoxy groups -OCH3 is 1. The summed E-state index contributed by atoms with van der Waals surface area (Å²) in [5.41, 5.74) is 0.186. The predicted molar refractivity (Wildman–Crippen MR) is 65.8 cm³/mol. The van der Waals surface area contributed by atoms with Gasteiger partial charge in [0, 0.05) is 0 Å². The lowest BCUT2D eigenvalue weighted by molar-refractivity contribution is -0.146. The molecule has 0 radical (unpaired) electrons. The van der Waals surface area contributed by atoms with Crippen molar-refractivity contribution < 1.29 is 14.6 Å². The number of ether oxygens (including phenoxy) is 1. The van der Waals surface area contributed by atoms with Gasteiger partial charge >= 0.3 is 5.97 Å². The molecular formula is C12H15BrO3. The third-order valence-electron chi connectivity index (χ3n) is 2.44. The molecule has 1 N–H and O–H groups in total. The Bertz CT molecular complexity index is 399. The highest BCUT2D eigenvalue weighted by molar-refractivity contribution is 9.10. The molecule has 0 saturated heterocycles. The van der Waals surface area contributed by atoms with Crippen LogP contribution in [-0.4, -0.2) is 18.2 Å². The summed E-state index contributed by atoms with van der Waals surface area (Å²) in [7, 11) is 1.59. The van der Waals surface area contributed by atoms with Crippen molar-refractivity contribution in [1.82, 2.24) is 0 Å². The van der Waals surface area contributed by atoms with E-state index in [9.17, 15) is 4.79 Å². The van der Waals surface area contributed by atoms with E-state index >= 15 is 0 Å². The third-order valence-corrected chi connectivity index (χ3v) is 3.10. The molecule has 16 heavy (non-hydrogen) atoms. The Balaban J connectivity index is 2.94. The van der Waals surface area contributed by atoms with Crippen molar-refractivity contribution in [3.05, 3.63) is 28.2 Å². The second kappa shape index (κ2) is 4.87. The van der Waals surface area contributed by atoms with Gasteiger partial charge in [-0.1, -0.05) is 6.07 Å². The summed E-state index contributed by atoms with van der Waals surface area (Å²) in [6.45, 7) is 3.42. The van der Waals surface area contributed by atoms with Gasteiger partial charge in [-0.15, -0.1) is 0 Å². The Morgan fingerprint density at radius 2 is 2.12 bits per heavy atom. The monoisotopic (exact) mass is 286 g/mol. The lowest BCUT2D eigenvalue weighted by Crippen LogP contribution is -2.26. The first-order valence-electron chi connectivity index (χ1n) is 4.92. The molecule has 0 fully saturated rings. The second-order valence-electron chi connectivity index (χ2n) is 4.33. The van der Waals surface area contributed by atoms with Crippen molar-refractivity contribution in [2.24, 2.45) is 5.41 Å². The zero-order valence-corrected chi connectivity index (χ0v) is 11.2. The second-order valence-corrected chi connectivity index (χ2v) is 5.19. The molecular weight excluding hydrogens is 272 g/mol. The van der Waals surface area contributed by atoms with Crippen molar-refractivity contribution in [3.63, 3.8) is 0 Å². The van der Waals surface area contributed by atoms with Crippen LogP contribution in [0.3, 0.4) is 0 Å². The van der Waals surface area contributed by atoms with Crippen LogP contribution in [0, 0.1) is 5.41 Å². The number of hydrogen-bond acceptors (Lipinski definition) is 2. The first kappa shape index (κ1) is 13.0. The number of carboxylic acid groups (broad SMARTS) is 1. The standard InChI is InChI=1S/C12H15BrO3/c1-12(2,11(14)15)7-8-4-5-9(13)10(6-8)16-3/h4-6H,7H2,1-3H3,(H,14,15). The fourth-order valence-corrected chi connectivity index (χ4v) is 1.81. The molecule has 0 aliphatic heterocycles. The van der Waals surface area contributed by atoms with E-state index in [2.05, 4.69) is 15.9 Å². The van der Waals surface area contributed by atoms with E-state index in [0.717, 1.165) is 15.8 Å². The number of carboxylic acids is 1. The molecule has 88 valence electrons. The summed E-state index contributed by atoms with van der Waals surface area (Å²) in [5.74, 6) is -0.0759. The van der Waals surface area contributed by atoms with Gasteiger partial charge < -0.3 is 9.84 Å². The number of benzene rings is 1. The third kappa shape index (κ3) is 2.98. The topological polar surface area (TPSA) is 46.5 Å². The predicted octanol–water partition coefficient (Wildman–Crippen LogP) is 3.11. The molecule has 0 bridgehead atoms. The molecule has 0 heterocycles. The molecule has 4 heteroatoms. The van der Waals surface area contributed by atoms with Crippen LogP contribution in [0.5, 0.6) is 5.75 Å². The molecule has 0 amide bonds. The molecule has 0 aromatic heterocycles. The smallest absolute Gasteiger partial charge is 0.309 e. The van der Waals surface area contributed by atoms with Gasteiger partial charge in [0.05, 0.1) is 17.0 Å². The quantitative estimate of drug-likeness (QED) is 0.925. The Morgan fingerprint density at radius 3 is 2.62 bits per heavy atom. The van der Waals surface area contributed by atoms with Crippen LogP contribution in [0.2, 0.25) is 0 Å². The molecule has 0 aliphatic rings. The fraction of sp³-hybridized carbons (Fsp3) is 0.417. The minimum absolute atomic E-state index is 0.478. The summed E-state index contributed by atoms with van der Waals surface area (Å²) in [6.07, 6.45) is 0.478. The molecule has 1 aromatic carbocycles. The van der Waals surface area contributed by atoms with E-state index in [-0.39, 0.29) is 0 Å². The minimum Gasteiger partial charge on any atom is -0.496 e. The number of halogens is 1. The van der Waals surface area contributed by atoms with Crippen LogP contribution in [0.15, 0.2) is 22.7 Å². The van der Waals surface area contributed by atoms with Crippen LogP contribution in [0.1, 0.15) is 19.4 Å². The van der Waals surface area contributed by atoms with Crippen LogP contribution in [-0.2, 0) is 11.2 Å². The van der Waals surface area contributed by atoms with Crippen molar-refractivity contribution in [2.75, 3.05) is 7.11 Å². The molecule has 3 nitrogen and oxygen atoms in total. The lowest BCUT2D eigenvalue weighted by atomic mass is 9.86. The first-order chi connectivity index (χ1) is 7.36. The van der Waals surface area contributed by atoms with Crippen LogP contribution < -0.4 is 4.74 Å². The summed E-state index contributed by atoms with van der Waals surface area (Å²) >= 11 is 3.36. The zero-order chi connectivity index (χ0) is 12.3. The molecule has 0 unspecified atom stereocenters. The zero-order valence-electron chi connectivity index (χ0n) is 9.58. The number of aliphatic carboxylic acids is 1. The van der Waals surface area contributed by atoms with E-state index in [1.54, 1.807) is 21.0 Å². The number of rotatable bonds is 4. The summed E-state index contributed by atoms with van der Waals surface area (Å²) in [5, 5.41) is 9.04. The SMILES string of the molecule is COc1cc(CC(C)(C)C(=O)O)ccc1Br. The molecule has 0 saturated carbocycles. The van der Waals surface area contributed by atoms with E-state index in [0.29, 0.717) is 6.42 Å². The minimum atomic E-state index is -0.797. The largest absolute Gasteiger partial charge is 0.496 e. The Morgan fingerprint density at radius 1 is 1.50 bits per heavy atom. The Labute approximate surface area is 104 Å². The van der Waals surface area contributed by atoms with Crippen molar-refractivity contribution in [1.29, 1.82) is 0 Å². The van der Waals surface area contributed by atoms with Crippen molar-refractivity contribution in [3.8, 4) is 5.75 Å². The van der Waals surface area contributed by atoms with Crippen LogP contribution in [0.25, 0.3) is 0 Å². The Hall–Kier alpha value is -1.03. The molecule has 0 atom stereocenters. The van der Waals surface area contributed by atoms with Gasteiger partial charge in [0.2, 0.25) is 0 Å². The van der Waals surface area contributed by atoms with Crippen LogP contribution in [0.4, 0.5) is 0 Å². The van der Waals surface area contributed by atoms with E-state index in [4.69, 9.17) is 9.84 Å². The van der Waals surface area contributed by atoms with Gasteiger partial charge in [-0.3, -0.25) is 4.79 Å². The average molecular weight is 287 g/mol. The summed E-state index contributed by atoms with van der Waals surface area (Å²) in [6, 6.07) is 5.62.